The molecule has 0 spiro atoms. The van der Waals surface area contributed by atoms with Gasteiger partial charge >= 0.3 is 6.09 Å². The van der Waals surface area contributed by atoms with Crippen molar-refractivity contribution in [1.82, 2.24) is 30.2 Å². The predicted octanol–water partition coefficient (Wildman–Crippen LogP) is 4.42. The maximum Gasteiger partial charge on any atom is 0.410 e. The predicted molar refractivity (Wildman–Crippen MR) is 165 cm³/mol. The van der Waals surface area contributed by atoms with E-state index in [0.29, 0.717) is 73.2 Å². The van der Waals surface area contributed by atoms with Gasteiger partial charge < -0.3 is 19.7 Å². The highest BCUT2D eigenvalue weighted by atomic mass is 32.2. The van der Waals surface area contributed by atoms with Crippen LogP contribution in [0.2, 0.25) is 0 Å². The van der Waals surface area contributed by atoms with E-state index in [2.05, 4.69) is 30.0 Å². The molecule has 0 radical (unpaired) electrons. The van der Waals surface area contributed by atoms with Crippen LogP contribution in [0.3, 0.4) is 0 Å². The SMILES string of the molecule is CCOc1cncc(-c2cnc(C(=O)NC(c3cc(NS(=O)(=O)C4CC4)ccn3)C3CCN(C(=O)OC(C)(C)C)CC3)s2)n1. The number of nitrogens with zero attached hydrogens (tertiary/aromatic N) is 5. The molecule has 0 bridgehead atoms. The lowest BCUT2D eigenvalue weighted by atomic mass is 9.87. The molecule has 1 saturated carbocycles. The van der Waals surface area contributed by atoms with Crippen LogP contribution in [0, 0.1) is 5.92 Å². The van der Waals surface area contributed by atoms with Crippen molar-refractivity contribution in [3.8, 4) is 16.5 Å². The second-order valence-corrected chi connectivity index (χ2v) is 14.8. The zero-order valence-corrected chi connectivity index (χ0v) is 26.8. The van der Waals surface area contributed by atoms with E-state index in [9.17, 15) is 18.0 Å². The van der Waals surface area contributed by atoms with Crippen molar-refractivity contribution in [1.29, 1.82) is 0 Å². The largest absolute Gasteiger partial charge is 0.477 e. The number of rotatable bonds is 10. The Kier molecular flexibility index (Phi) is 9.34. The molecule has 44 heavy (non-hydrogen) atoms. The number of amides is 2. The number of piperidine rings is 1. The maximum atomic E-state index is 13.6. The second-order valence-electron chi connectivity index (χ2n) is 11.8. The van der Waals surface area contributed by atoms with E-state index < -0.39 is 27.6 Å². The number of likely N-dealkylation sites (tertiary alicyclic amines) is 1. The summed E-state index contributed by atoms with van der Waals surface area (Å²) in [6.45, 7) is 8.66. The summed E-state index contributed by atoms with van der Waals surface area (Å²) in [6, 6.07) is 2.69. The number of nitrogens with one attached hydrogen (secondary N) is 2. The molecule has 15 heteroatoms. The Balaban J connectivity index is 1.36. The van der Waals surface area contributed by atoms with Crippen LogP contribution >= 0.6 is 11.3 Å². The van der Waals surface area contributed by atoms with E-state index in [4.69, 9.17) is 9.47 Å². The number of hydrogen-bond acceptors (Lipinski definition) is 11. The summed E-state index contributed by atoms with van der Waals surface area (Å²) in [6.07, 6.45) is 8.25. The molecular weight excluding hydrogens is 606 g/mol. The first-order chi connectivity index (χ1) is 20.9. The Morgan fingerprint density at radius 1 is 1.11 bits per heavy atom. The first kappa shape index (κ1) is 31.6. The first-order valence-corrected chi connectivity index (χ1v) is 17.0. The normalized spacial score (nSPS) is 16.7. The van der Waals surface area contributed by atoms with Crippen LogP contribution in [-0.2, 0) is 14.8 Å². The third kappa shape index (κ3) is 8.00. The number of carbonyl (C=O) groups excluding carboxylic acids is 2. The molecule has 2 fully saturated rings. The lowest BCUT2D eigenvalue weighted by molar-refractivity contribution is 0.0166. The number of aromatic nitrogens is 4. The Labute approximate surface area is 260 Å². The molecule has 13 nitrogen and oxygen atoms in total. The van der Waals surface area contributed by atoms with Gasteiger partial charge in [-0.15, -0.1) is 11.3 Å². The number of thiazole rings is 1. The van der Waals surface area contributed by atoms with Crippen LogP contribution in [0.15, 0.2) is 36.9 Å². The molecule has 1 aliphatic heterocycles. The monoisotopic (exact) mass is 643 g/mol. The molecule has 0 aromatic carbocycles. The van der Waals surface area contributed by atoms with E-state index in [-0.39, 0.29) is 22.3 Å². The lowest BCUT2D eigenvalue weighted by Crippen LogP contribution is -2.45. The zero-order valence-electron chi connectivity index (χ0n) is 25.1. The van der Waals surface area contributed by atoms with Crippen molar-refractivity contribution in [3.63, 3.8) is 0 Å². The average molecular weight is 644 g/mol. The molecule has 236 valence electrons. The molecule has 1 unspecified atom stereocenters. The molecule has 5 rings (SSSR count). The van der Waals surface area contributed by atoms with Gasteiger partial charge in [-0.25, -0.2) is 23.2 Å². The fourth-order valence-electron chi connectivity index (χ4n) is 4.87. The van der Waals surface area contributed by atoms with Crippen LogP contribution in [0.4, 0.5) is 10.5 Å². The third-order valence-electron chi connectivity index (χ3n) is 7.13. The summed E-state index contributed by atoms with van der Waals surface area (Å²) >= 11 is 1.17. The van der Waals surface area contributed by atoms with Gasteiger partial charge in [-0.3, -0.25) is 19.5 Å². The summed E-state index contributed by atoms with van der Waals surface area (Å²) in [7, 11) is -3.49. The van der Waals surface area contributed by atoms with Crippen molar-refractivity contribution in [3.05, 3.63) is 47.6 Å². The van der Waals surface area contributed by atoms with Crippen LogP contribution in [0.1, 0.15) is 74.9 Å². The van der Waals surface area contributed by atoms with Gasteiger partial charge in [-0.1, -0.05) is 0 Å². The Hall–Kier alpha value is -3.85. The highest BCUT2D eigenvalue weighted by molar-refractivity contribution is 7.93. The van der Waals surface area contributed by atoms with Crippen molar-refractivity contribution >= 4 is 39.0 Å². The minimum atomic E-state index is -3.49. The van der Waals surface area contributed by atoms with Crippen molar-refractivity contribution in [2.24, 2.45) is 5.92 Å². The third-order valence-corrected chi connectivity index (χ3v) is 10.0. The minimum Gasteiger partial charge on any atom is -0.477 e. The Bertz CT molecular complexity index is 1600. The zero-order chi connectivity index (χ0) is 31.5. The summed E-state index contributed by atoms with van der Waals surface area (Å²) in [4.78, 5) is 46.0. The van der Waals surface area contributed by atoms with Crippen LogP contribution < -0.4 is 14.8 Å². The molecule has 2 amide bonds. The molecule has 1 aliphatic carbocycles. The van der Waals surface area contributed by atoms with Gasteiger partial charge in [0, 0.05) is 25.5 Å². The van der Waals surface area contributed by atoms with Crippen molar-refractivity contribution in [2.45, 2.75) is 70.3 Å². The molecule has 2 N–H and O–H groups in total. The van der Waals surface area contributed by atoms with E-state index in [1.807, 2.05) is 27.7 Å². The fraction of sp³-hybridized carbons (Fsp3) is 0.517. The molecule has 1 atom stereocenters. The second kappa shape index (κ2) is 13.0. The van der Waals surface area contributed by atoms with E-state index in [1.54, 1.807) is 29.4 Å². The van der Waals surface area contributed by atoms with Crippen molar-refractivity contribution in [2.75, 3.05) is 24.4 Å². The smallest absolute Gasteiger partial charge is 0.410 e. The summed E-state index contributed by atoms with van der Waals surface area (Å²) in [5.74, 6) is -0.112. The number of hydrogen-bond donors (Lipinski definition) is 2. The van der Waals surface area contributed by atoms with Gasteiger partial charge in [-0.2, -0.15) is 0 Å². The van der Waals surface area contributed by atoms with Crippen molar-refractivity contribution < 1.29 is 27.5 Å². The minimum absolute atomic E-state index is 0.0893. The standard InChI is InChI=1S/C29H37N7O6S2/c1-5-41-24-17-30-15-22(33-24)23-16-32-27(43-23)26(37)34-25(18-9-12-36(13-10-18)28(38)42-29(2,3)4)21-14-19(8-11-31-21)35-44(39,40)20-6-7-20/h8,11,14-18,20,25H,5-7,9-10,12-13H2,1-4H3,(H,31,35)(H,34,37). The fourth-order valence-corrected chi connectivity index (χ4v) is 7.02. The Morgan fingerprint density at radius 3 is 2.55 bits per heavy atom. The van der Waals surface area contributed by atoms with Crippen LogP contribution in [-0.4, -0.2) is 75.8 Å². The lowest BCUT2D eigenvalue weighted by Gasteiger charge is -2.36. The molecule has 1 saturated heterocycles. The number of ether oxygens (including phenoxy) is 2. The van der Waals surface area contributed by atoms with Gasteiger partial charge in [0.2, 0.25) is 15.9 Å². The first-order valence-electron chi connectivity index (χ1n) is 14.6. The van der Waals surface area contributed by atoms with Gasteiger partial charge in [0.1, 0.15) is 11.3 Å². The van der Waals surface area contributed by atoms with Crippen LogP contribution in [0.25, 0.3) is 10.6 Å². The molecule has 2 aliphatic rings. The molecule has 3 aromatic heterocycles. The quantitative estimate of drug-likeness (QED) is 0.323. The van der Waals surface area contributed by atoms with E-state index >= 15 is 0 Å². The summed E-state index contributed by atoms with van der Waals surface area (Å²) in [5, 5.41) is 2.94. The van der Waals surface area contributed by atoms with E-state index in [0.717, 1.165) is 0 Å². The highest BCUT2D eigenvalue weighted by Gasteiger charge is 2.37. The van der Waals surface area contributed by atoms with Gasteiger partial charge in [-0.05, 0) is 71.4 Å². The summed E-state index contributed by atoms with van der Waals surface area (Å²) < 4.78 is 38.9. The topological polar surface area (TPSA) is 166 Å². The number of pyridine rings is 1. The maximum absolute atomic E-state index is 13.6. The molecule has 4 heterocycles. The van der Waals surface area contributed by atoms with Crippen LogP contribution in [0.5, 0.6) is 5.88 Å². The number of carbonyl (C=O) groups is 2. The molecule has 3 aromatic rings. The Morgan fingerprint density at radius 2 is 1.86 bits per heavy atom. The highest BCUT2D eigenvalue weighted by Crippen LogP contribution is 2.34. The van der Waals surface area contributed by atoms with E-state index in [1.165, 1.54) is 23.7 Å². The average Bonchev–Trinajstić information content (AvgIpc) is 3.73. The van der Waals surface area contributed by atoms with Gasteiger partial charge in [0.25, 0.3) is 5.91 Å². The summed E-state index contributed by atoms with van der Waals surface area (Å²) in [5.41, 5.74) is 0.829. The molecular formula is C29H37N7O6S2. The van der Waals surface area contributed by atoms with Gasteiger partial charge in [0.15, 0.2) is 5.01 Å². The number of anilines is 1. The number of sulfonamides is 1. The van der Waals surface area contributed by atoms with Gasteiger partial charge in [0.05, 0.1) is 46.6 Å².